The summed E-state index contributed by atoms with van der Waals surface area (Å²) in [7, 11) is 1.67. The lowest BCUT2D eigenvalue weighted by Gasteiger charge is -2.06. The van der Waals surface area contributed by atoms with Gasteiger partial charge in [0.05, 0.1) is 12.8 Å². The second-order valence-corrected chi connectivity index (χ2v) is 4.80. The molecule has 0 N–H and O–H groups in total. The summed E-state index contributed by atoms with van der Waals surface area (Å²) in [6.07, 6.45) is 0. The Balaban J connectivity index is 2.38. The Labute approximate surface area is 106 Å². The van der Waals surface area contributed by atoms with Crippen molar-refractivity contribution in [3.05, 3.63) is 46.2 Å². The molecule has 2 rings (SSSR count). The molecule has 0 saturated heterocycles. The highest BCUT2D eigenvalue weighted by molar-refractivity contribution is 7.12. The molecule has 0 radical (unpaired) electrons. The third-order valence-corrected chi connectivity index (χ3v) is 3.48. The molecule has 0 atom stereocenters. The predicted octanol–water partition coefficient (Wildman–Crippen LogP) is 4.21. The van der Waals surface area contributed by atoms with Crippen molar-refractivity contribution in [1.29, 1.82) is 0 Å². The van der Waals surface area contributed by atoms with E-state index in [4.69, 9.17) is 4.74 Å². The maximum atomic E-state index is 5.34. The highest BCUT2D eigenvalue weighted by atomic mass is 32.1. The lowest BCUT2D eigenvalue weighted by atomic mass is 10.2. The van der Waals surface area contributed by atoms with Gasteiger partial charge in [-0.1, -0.05) is 12.1 Å². The van der Waals surface area contributed by atoms with Crippen molar-refractivity contribution in [2.24, 2.45) is 4.99 Å². The summed E-state index contributed by atoms with van der Waals surface area (Å²) >= 11 is 1.70. The molecule has 0 aliphatic carbocycles. The van der Waals surface area contributed by atoms with Crippen LogP contribution in [0.15, 0.2) is 40.7 Å². The lowest BCUT2D eigenvalue weighted by Crippen LogP contribution is -1.91. The van der Waals surface area contributed by atoms with Crippen LogP contribution in [0.2, 0.25) is 0 Å². The minimum absolute atomic E-state index is 0.820. The number of aliphatic imine (C=N–C) groups is 1. The standard InChI is InChI=1S/C14H15NOS/c1-10-6-7-12(13(9-10)16-3)15-11(2)14-5-4-8-17-14/h4-9H,1-3H3. The molecule has 1 aromatic heterocycles. The van der Waals surface area contributed by atoms with Gasteiger partial charge in [0, 0.05) is 4.88 Å². The molecule has 17 heavy (non-hydrogen) atoms. The van der Waals surface area contributed by atoms with Gasteiger partial charge in [0.1, 0.15) is 11.4 Å². The number of ether oxygens (including phenoxy) is 1. The van der Waals surface area contributed by atoms with Crippen LogP contribution in [-0.2, 0) is 0 Å². The Morgan fingerprint density at radius 2 is 2.12 bits per heavy atom. The molecule has 0 saturated carbocycles. The van der Waals surface area contributed by atoms with Crippen molar-refractivity contribution in [1.82, 2.24) is 0 Å². The molecule has 0 unspecified atom stereocenters. The first-order valence-corrected chi connectivity index (χ1v) is 6.32. The third-order valence-electron chi connectivity index (χ3n) is 2.50. The number of nitrogens with zero attached hydrogens (tertiary/aromatic N) is 1. The minimum Gasteiger partial charge on any atom is -0.494 e. The quantitative estimate of drug-likeness (QED) is 0.742. The second-order valence-electron chi connectivity index (χ2n) is 3.85. The van der Waals surface area contributed by atoms with Crippen molar-refractivity contribution in [2.75, 3.05) is 7.11 Å². The van der Waals surface area contributed by atoms with Crippen molar-refractivity contribution in [3.8, 4) is 5.75 Å². The Kier molecular flexibility index (Phi) is 3.59. The molecule has 88 valence electrons. The maximum absolute atomic E-state index is 5.34. The van der Waals surface area contributed by atoms with E-state index >= 15 is 0 Å². The largest absolute Gasteiger partial charge is 0.494 e. The van der Waals surface area contributed by atoms with E-state index in [0.717, 1.165) is 17.1 Å². The summed E-state index contributed by atoms with van der Waals surface area (Å²) in [5, 5.41) is 2.06. The Morgan fingerprint density at radius 3 is 2.76 bits per heavy atom. The number of benzene rings is 1. The van der Waals surface area contributed by atoms with E-state index in [0.29, 0.717) is 0 Å². The molecule has 0 aliphatic rings. The first-order valence-electron chi connectivity index (χ1n) is 5.44. The molecule has 0 spiro atoms. The molecule has 0 aliphatic heterocycles. The molecule has 0 fully saturated rings. The van der Waals surface area contributed by atoms with E-state index in [2.05, 4.69) is 16.4 Å². The summed E-state index contributed by atoms with van der Waals surface area (Å²) in [5.41, 5.74) is 3.07. The zero-order valence-corrected chi connectivity index (χ0v) is 11.0. The first kappa shape index (κ1) is 11.9. The lowest BCUT2D eigenvalue weighted by molar-refractivity contribution is 0.416. The van der Waals surface area contributed by atoms with Crippen LogP contribution < -0.4 is 4.74 Å². The summed E-state index contributed by atoms with van der Waals surface area (Å²) in [5.74, 6) is 0.820. The van der Waals surface area contributed by atoms with Crippen LogP contribution in [0.5, 0.6) is 5.75 Å². The van der Waals surface area contributed by atoms with E-state index in [-0.39, 0.29) is 0 Å². The molecule has 0 bridgehead atoms. The van der Waals surface area contributed by atoms with Crippen LogP contribution in [0.1, 0.15) is 17.4 Å². The number of hydrogen-bond acceptors (Lipinski definition) is 3. The van der Waals surface area contributed by atoms with Gasteiger partial charge in [-0.05, 0) is 43.0 Å². The fourth-order valence-corrected chi connectivity index (χ4v) is 2.27. The van der Waals surface area contributed by atoms with Gasteiger partial charge in [-0.2, -0.15) is 0 Å². The highest BCUT2D eigenvalue weighted by Crippen LogP contribution is 2.29. The molecule has 0 amide bonds. The average molecular weight is 245 g/mol. The van der Waals surface area contributed by atoms with Gasteiger partial charge in [0.2, 0.25) is 0 Å². The van der Waals surface area contributed by atoms with Crippen molar-refractivity contribution in [3.63, 3.8) is 0 Å². The maximum Gasteiger partial charge on any atom is 0.144 e. The van der Waals surface area contributed by atoms with E-state index in [1.54, 1.807) is 18.4 Å². The Morgan fingerprint density at radius 1 is 1.29 bits per heavy atom. The monoisotopic (exact) mass is 245 g/mol. The normalized spacial score (nSPS) is 11.6. The van der Waals surface area contributed by atoms with Crippen LogP contribution in [0.3, 0.4) is 0 Å². The highest BCUT2D eigenvalue weighted by Gasteiger charge is 2.04. The average Bonchev–Trinajstić information content (AvgIpc) is 2.85. The topological polar surface area (TPSA) is 21.6 Å². The van der Waals surface area contributed by atoms with Crippen LogP contribution in [0.4, 0.5) is 5.69 Å². The summed E-state index contributed by atoms with van der Waals surface area (Å²) < 4.78 is 5.34. The van der Waals surface area contributed by atoms with E-state index < -0.39 is 0 Å². The van der Waals surface area contributed by atoms with Crippen LogP contribution in [0, 0.1) is 6.92 Å². The van der Waals surface area contributed by atoms with Crippen LogP contribution >= 0.6 is 11.3 Å². The second kappa shape index (κ2) is 5.15. The SMILES string of the molecule is COc1cc(C)ccc1N=C(C)c1cccs1. The molecule has 2 aromatic rings. The molecule has 1 aromatic carbocycles. The van der Waals surface area contributed by atoms with Gasteiger partial charge in [-0.15, -0.1) is 11.3 Å². The number of aryl methyl sites for hydroxylation is 1. The minimum atomic E-state index is 0.820. The Hall–Kier alpha value is -1.61. The van der Waals surface area contributed by atoms with Gasteiger partial charge in [-0.25, -0.2) is 4.99 Å². The van der Waals surface area contributed by atoms with Crippen molar-refractivity contribution in [2.45, 2.75) is 13.8 Å². The van der Waals surface area contributed by atoms with Gasteiger partial charge in [0.15, 0.2) is 0 Å². The molecular formula is C14H15NOS. The molecule has 2 nitrogen and oxygen atoms in total. The van der Waals surface area contributed by atoms with Gasteiger partial charge in [-0.3, -0.25) is 0 Å². The first-order chi connectivity index (χ1) is 8.20. The summed E-state index contributed by atoms with van der Waals surface area (Å²) in [6.45, 7) is 4.06. The zero-order valence-electron chi connectivity index (χ0n) is 10.2. The van der Waals surface area contributed by atoms with Gasteiger partial charge < -0.3 is 4.74 Å². The van der Waals surface area contributed by atoms with Crippen molar-refractivity contribution < 1.29 is 4.74 Å². The van der Waals surface area contributed by atoms with E-state index in [1.807, 2.05) is 38.1 Å². The number of methoxy groups -OCH3 is 1. The molecule has 1 heterocycles. The number of thiophene rings is 1. The van der Waals surface area contributed by atoms with Crippen LogP contribution in [-0.4, -0.2) is 12.8 Å². The fourth-order valence-electron chi connectivity index (χ4n) is 1.60. The summed E-state index contributed by atoms with van der Waals surface area (Å²) in [6, 6.07) is 10.1. The fraction of sp³-hybridized carbons (Fsp3) is 0.214. The van der Waals surface area contributed by atoms with Gasteiger partial charge in [0.25, 0.3) is 0 Å². The van der Waals surface area contributed by atoms with E-state index in [1.165, 1.54) is 10.4 Å². The molecular weight excluding hydrogens is 230 g/mol. The zero-order chi connectivity index (χ0) is 12.3. The predicted molar refractivity (Wildman–Crippen MR) is 73.9 cm³/mol. The summed E-state index contributed by atoms with van der Waals surface area (Å²) in [4.78, 5) is 5.80. The Bertz CT molecular complexity index is 529. The molecule has 3 heteroatoms. The number of rotatable bonds is 3. The third kappa shape index (κ3) is 2.74. The van der Waals surface area contributed by atoms with Crippen LogP contribution in [0.25, 0.3) is 0 Å². The van der Waals surface area contributed by atoms with E-state index in [9.17, 15) is 0 Å². The van der Waals surface area contributed by atoms with Gasteiger partial charge >= 0.3 is 0 Å². The smallest absolute Gasteiger partial charge is 0.144 e. The number of hydrogen-bond donors (Lipinski definition) is 0. The van der Waals surface area contributed by atoms with Crippen molar-refractivity contribution >= 4 is 22.7 Å².